The predicted molar refractivity (Wildman–Crippen MR) is 120 cm³/mol. The summed E-state index contributed by atoms with van der Waals surface area (Å²) in [6.07, 6.45) is 8.33. The van der Waals surface area contributed by atoms with E-state index in [1.54, 1.807) is 12.4 Å². The Morgan fingerprint density at radius 1 is 1.16 bits per heavy atom. The summed E-state index contributed by atoms with van der Waals surface area (Å²) < 4.78 is 21.8. The minimum absolute atomic E-state index is 0.396. The molecule has 0 radical (unpaired) electrons. The highest BCUT2D eigenvalue weighted by Gasteiger charge is 2.59. The van der Waals surface area contributed by atoms with Crippen LogP contribution in [-0.2, 0) is 9.47 Å². The zero-order valence-electron chi connectivity index (χ0n) is 17.4. The van der Waals surface area contributed by atoms with Gasteiger partial charge >= 0.3 is 0 Å². The third-order valence-corrected chi connectivity index (χ3v) is 7.93. The van der Waals surface area contributed by atoms with E-state index in [0.717, 1.165) is 36.4 Å². The van der Waals surface area contributed by atoms with E-state index in [-0.39, 0.29) is 0 Å². The highest BCUT2D eigenvalue weighted by molar-refractivity contribution is 8.17. The van der Waals surface area contributed by atoms with Gasteiger partial charge < -0.3 is 14.2 Å². The first-order chi connectivity index (χ1) is 15.0. The fourth-order valence-corrected chi connectivity index (χ4v) is 6.24. The first-order valence-electron chi connectivity index (χ1n) is 10.6. The zero-order chi connectivity index (χ0) is 21.4. The molecular weight excluding hydrogens is 434 g/mol. The number of ether oxygens (including phenoxy) is 3. The standard InChI is InChI=1S/C21H27N5O3S2/c1-15-16(8-7-13-23-15)28-20(17-14-27-19(29-17)10-4-2-5-11-19)25-21(22,31-26-20)30-18-9-3-6-12-24-18/h3,6-9,12-13,17,25-26H,2,4-5,10-11,14,22H2,1H3. The Balaban J connectivity index is 1.42. The fraction of sp³-hybridized carbons (Fsp3) is 0.524. The van der Waals surface area contributed by atoms with Gasteiger partial charge in [-0.2, -0.15) is 0 Å². The smallest absolute Gasteiger partial charge is 0.258 e. The lowest BCUT2D eigenvalue weighted by Crippen LogP contribution is -2.67. The molecule has 3 atom stereocenters. The van der Waals surface area contributed by atoms with E-state index in [4.69, 9.17) is 19.9 Å². The Kier molecular flexibility index (Phi) is 5.89. The van der Waals surface area contributed by atoms with Crippen molar-refractivity contribution in [2.24, 2.45) is 5.73 Å². The van der Waals surface area contributed by atoms with Gasteiger partial charge in [-0.05, 0) is 56.0 Å². The fourth-order valence-electron chi connectivity index (χ4n) is 4.19. The molecule has 3 fully saturated rings. The molecule has 2 aliphatic heterocycles. The van der Waals surface area contributed by atoms with Crippen LogP contribution in [0.4, 0.5) is 0 Å². The summed E-state index contributed by atoms with van der Waals surface area (Å²) in [4.78, 5) is 8.75. The first kappa shape index (κ1) is 21.4. The quantitative estimate of drug-likeness (QED) is 0.454. The van der Waals surface area contributed by atoms with Gasteiger partial charge in [0.2, 0.25) is 0 Å². The summed E-state index contributed by atoms with van der Waals surface area (Å²) >= 11 is 2.77. The topological polar surface area (TPSA) is 104 Å². The van der Waals surface area contributed by atoms with E-state index in [1.165, 1.54) is 30.1 Å². The summed E-state index contributed by atoms with van der Waals surface area (Å²) in [6, 6.07) is 9.50. The highest BCUT2D eigenvalue weighted by Crippen LogP contribution is 2.46. The summed E-state index contributed by atoms with van der Waals surface area (Å²) in [5, 5.41) is 4.28. The van der Waals surface area contributed by atoms with Gasteiger partial charge in [0.25, 0.3) is 5.85 Å². The molecule has 4 N–H and O–H groups in total. The van der Waals surface area contributed by atoms with Crippen LogP contribution in [0.15, 0.2) is 47.8 Å². The largest absolute Gasteiger partial charge is 0.454 e. The molecule has 2 aromatic rings. The number of nitrogens with one attached hydrogen (secondary N) is 2. The van der Waals surface area contributed by atoms with Crippen molar-refractivity contribution < 1.29 is 14.2 Å². The number of aryl methyl sites for hydroxylation is 1. The van der Waals surface area contributed by atoms with E-state index >= 15 is 0 Å². The number of nitrogens with zero attached hydrogens (tertiary/aromatic N) is 2. The van der Waals surface area contributed by atoms with Crippen LogP contribution in [0.5, 0.6) is 5.75 Å². The van der Waals surface area contributed by atoms with Crippen molar-refractivity contribution in [2.75, 3.05) is 6.61 Å². The Labute approximate surface area is 190 Å². The van der Waals surface area contributed by atoms with Crippen molar-refractivity contribution in [2.45, 2.75) is 66.1 Å². The van der Waals surface area contributed by atoms with Crippen molar-refractivity contribution >= 4 is 23.7 Å². The SMILES string of the molecule is Cc1ncccc1OC1(C2COC3(CCCCC3)O2)NSC(N)(Sc2ccccn2)N1. The number of nitrogens with two attached hydrogens (primary N) is 1. The van der Waals surface area contributed by atoms with Gasteiger partial charge in [0.1, 0.15) is 5.75 Å². The molecule has 31 heavy (non-hydrogen) atoms. The van der Waals surface area contributed by atoms with Crippen LogP contribution in [0.1, 0.15) is 37.8 Å². The van der Waals surface area contributed by atoms with Gasteiger partial charge in [0.15, 0.2) is 16.2 Å². The summed E-state index contributed by atoms with van der Waals surface area (Å²) in [6.45, 7) is 2.32. The van der Waals surface area contributed by atoms with Gasteiger partial charge in [-0.1, -0.05) is 24.2 Å². The van der Waals surface area contributed by atoms with Crippen molar-refractivity contribution in [1.82, 2.24) is 20.0 Å². The maximum Gasteiger partial charge on any atom is 0.258 e. The molecule has 0 bridgehead atoms. The van der Waals surface area contributed by atoms with Crippen LogP contribution in [0.3, 0.4) is 0 Å². The minimum atomic E-state index is -1.09. The second-order valence-electron chi connectivity index (χ2n) is 8.08. The lowest BCUT2D eigenvalue weighted by molar-refractivity contribution is -0.208. The van der Waals surface area contributed by atoms with Crippen LogP contribution >= 0.6 is 23.7 Å². The molecule has 2 aromatic heterocycles. The number of thioether (sulfide) groups is 1. The van der Waals surface area contributed by atoms with Crippen molar-refractivity contribution in [3.8, 4) is 5.75 Å². The molecule has 10 heteroatoms. The Morgan fingerprint density at radius 3 is 2.77 bits per heavy atom. The lowest BCUT2D eigenvalue weighted by Gasteiger charge is -2.37. The number of rotatable bonds is 5. The summed E-state index contributed by atoms with van der Waals surface area (Å²) in [5.41, 5.74) is 7.50. The average Bonchev–Trinajstić information content (AvgIpc) is 3.33. The van der Waals surface area contributed by atoms with Crippen LogP contribution in [0, 0.1) is 6.92 Å². The number of hydrogen-bond acceptors (Lipinski definition) is 10. The van der Waals surface area contributed by atoms with Crippen molar-refractivity contribution in [3.05, 3.63) is 48.4 Å². The van der Waals surface area contributed by atoms with E-state index in [0.29, 0.717) is 12.4 Å². The molecule has 1 saturated carbocycles. The van der Waals surface area contributed by atoms with Crippen LogP contribution in [-0.4, -0.2) is 38.6 Å². The van der Waals surface area contributed by atoms with Crippen molar-refractivity contribution in [1.29, 1.82) is 0 Å². The number of aromatic nitrogens is 2. The lowest BCUT2D eigenvalue weighted by atomic mass is 9.94. The predicted octanol–water partition coefficient (Wildman–Crippen LogP) is 3.10. The van der Waals surface area contributed by atoms with Gasteiger partial charge in [-0.15, -0.1) is 0 Å². The van der Waals surface area contributed by atoms with Crippen LogP contribution in [0.2, 0.25) is 0 Å². The minimum Gasteiger partial charge on any atom is -0.454 e. The molecule has 8 nitrogen and oxygen atoms in total. The molecule has 4 heterocycles. The zero-order valence-corrected chi connectivity index (χ0v) is 19.0. The molecule has 3 unspecified atom stereocenters. The van der Waals surface area contributed by atoms with Gasteiger partial charge in [0, 0.05) is 25.2 Å². The third kappa shape index (κ3) is 4.43. The highest BCUT2D eigenvalue weighted by atomic mass is 32.2. The summed E-state index contributed by atoms with van der Waals surface area (Å²) in [7, 11) is 0. The first-order valence-corrected chi connectivity index (χ1v) is 12.2. The van der Waals surface area contributed by atoms with E-state index in [1.807, 2.05) is 37.3 Å². The molecule has 166 valence electrons. The van der Waals surface area contributed by atoms with Crippen LogP contribution in [0.25, 0.3) is 0 Å². The molecule has 1 aliphatic carbocycles. The molecular formula is C21H27N5O3S2. The van der Waals surface area contributed by atoms with Gasteiger partial charge in [0.05, 0.1) is 17.3 Å². The Bertz CT molecular complexity index is 917. The van der Waals surface area contributed by atoms with Gasteiger partial charge in [-0.25, -0.2) is 15.0 Å². The molecule has 5 rings (SSSR count). The monoisotopic (exact) mass is 461 g/mol. The molecule has 1 spiro atoms. The molecule has 3 aliphatic rings. The second-order valence-corrected chi connectivity index (χ2v) is 10.7. The van der Waals surface area contributed by atoms with Crippen LogP contribution < -0.4 is 20.5 Å². The number of hydrogen-bond donors (Lipinski definition) is 3. The molecule has 2 saturated heterocycles. The second kappa shape index (κ2) is 8.51. The molecule has 0 aromatic carbocycles. The van der Waals surface area contributed by atoms with E-state index < -0.39 is 22.1 Å². The number of pyridine rings is 2. The Hall–Kier alpha value is -1.40. The summed E-state index contributed by atoms with van der Waals surface area (Å²) in [5.74, 6) is -0.968. The third-order valence-electron chi connectivity index (χ3n) is 5.76. The normalized spacial score (nSPS) is 32.4. The average molecular weight is 462 g/mol. The van der Waals surface area contributed by atoms with E-state index in [9.17, 15) is 0 Å². The maximum absolute atomic E-state index is 6.72. The maximum atomic E-state index is 6.72. The molecule has 0 amide bonds. The van der Waals surface area contributed by atoms with Gasteiger partial charge in [-0.3, -0.25) is 10.7 Å². The van der Waals surface area contributed by atoms with E-state index in [2.05, 4.69) is 20.0 Å². The van der Waals surface area contributed by atoms with Crippen molar-refractivity contribution in [3.63, 3.8) is 0 Å². The Morgan fingerprint density at radius 2 is 2.00 bits per heavy atom.